The highest BCUT2D eigenvalue weighted by atomic mass is 19.1. The van der Waals surface area contributed by atoms with Crippen LogP contribution in [0.3, 0.4) is 0 Å². The van der Waals surface area contributed by atoms with Crippen molar-refractivity contribution in [2.45, 2.75) is 104 Å². The van der Waals surface area contributed by atoms with E-state index in [0.717, 1.165) is 12.8 Å². The van der Waals surface area contributed by atoms with Gasteiger partial charge in [-0.3, -0.25) is 0 Å². The molecule has 0 saturated carbocycles. The number of carboxylic acid groups (broad SMARTS) is 1. The Morgan fingerprint density at radius 2 is 1.48 bits per heavy atom. The van der Waals surface area contributed by atoms with Crippen LogP contribution in [0.4, 0.5) is 4.39 Å². The van der Waals surface area contributed by atoms with Gasteiger partial charge in [-0.25, -0.2) is 9.18 Å². The summed E-state index contributed by atoms with van der Waals surface area (Å²) in [5.74, 6) is -1.74. The van der Waals surface area contributed by atoms with Crippen LogP contribution in [0.1, 0.15) is 113 Å². The maximum absolute atomic E-state index is 14.2. The fourth-order valence-corrected chi connectivity index (χ4v) is 3.29. The number of halogens is 1. The molecule has 0 unspecified atom stereocenters. The second-order valence-corrected chi connectivity index (χ2v) is 7.44. The smallest absolute Gasteiger partial charge is 0.355 e. The third-order valence-electron chi connectivity index (χ3n) is 4.87. The van der Waals surface area contributed by atoms with Crippen LogP contribution in [0.5, 0.6) is 0 Å². The Balaban J connectivity index is 2.24. The summed E-state index contributed by atoms with van der Waals surface area (Å²) in [6.45, 7) is 6.60. The summed E-state index contributed by atoms with van der Waals surface area (Å²) >= 11 is 0. The molecule has 0 radical (unpaired) electrons. The Hall–Kier alpha value is -1.32. The zero-order valence-corrected chi connectivity index (χ0v) is 16.3. The average molecular weight is 354 g/mol. The van der Waals surface area contributed by atoms with Gasteiger partial charge in [0.05, 0.1) is 0 Å². The van der Waals surface area contributed by atoms with Crippen LogP contribution in [0.2, 0.25) is 0 Å². The number of aromatic nitrogens is 1. The lowest BCUT2D eigenvalue weighted by atomic mass is 10.1. The van der Waals surface area contributed by atoms with Crippen LogP contribution < -0.4 is 0 Å². The van der Waals surface area contributed by atoms with Crippen molar-refractivity contribution in [1.82, 2.24) is 4.57 Å². The molecule has 0 spiro atoms. The van der Waals surface area contributed by atoms with Gasteiger partial charge in [-0.15, -0.1) is 0 Å². The summed E-state index contributed by atoms with van der Waals surface area (Å²) in [6, 6.07) is 0. The van der Waals surface area contributed by atoms with Crippen LogP contribution >= 0.6 is 0 Å². The molecule has 1 aromatic rings. The molecular formula is C21H36FNO2. The van der Waals surface area contributed by atoms with E-state index in [2.05, 4.69) is 6.92 Å². The highest BCUT2D eigenvalue weighted by Gasteiger charge is 2.22. The summed E-state index contributed by atoms with van der Waals surface area (Å²) in [7, 11) is 0. The Morgan fingerprint density at radius 3 is 1.92 bits per heavy atom. The van der Waals surface area contributed by atoms with Crippen molar-refractivity contribution in [1.29, 1.82) is 0 Å². The zero-order chi connectivity index (χ0) is 18.7. The van der Waals surface area contributed by atoms with Gasteiger partial charge in [0.2, 0.25) is 0 Å². The Kier molecular flexibility index (Phi) is 10.5. The van der Waals surface area contributed by atoms with Crippen molar-refractivity contribution in [2.75, 3.05) is 0 Å². The number of carboxylic acids is 1. The van der Waals surface area contributed by atoms with Gasteiger partial charge in [0, 0.05) is 18.3 Å². The van der Waals surface area contributed by atoms with Crippen molar-refractivity contribution in [3.8, 4) is 0 Å². The third-order valence-corrected chi connectivity index (χ3v) is 4.87. The van der Waals surface area contributed by atoms with Gasteiger partial charge >= 0.3 is 5.97 Å². The Morgan fingerprint density at radius 1 is 1.00 bits per heavy atom. The van der Waals surface area contributed by atoms with Crippen LogP contribution in [-0.4, -0.2) is 15.6 Å². The molecule has 0 aromatic carbocycles. The third kappa shape index (κ3) is 7.62. The van der Waals surface area contributed by atoms with Crippen molar-refractivity contribution in [2.24, 2.45) is 0 Å². The summed E-state index contributed by atoms with van der Waals surface area (Å²) in [6.07, 6.45) is 15.4. The molecule has 3 nitrogen and oxygen atoms in total. The lowest BCUT2D eigenvalue weighted by Crippen LogP contribution is -2.09. The maximum Gasteiger partial charge on any atom is 0.355 e. The summed E-state index contributed by atoms with van der Waals surface area (Å²) in [5, 5.41) is 9.26. The lowest BCUT2D eigenvalue weighted by Gasteiger charge is -2.06. The van der Waals surface area contributed by atoms with Gasteiger partial charge < -0.3 is 9.67 Å². The van der Waals surface area contributed by atoms with E-state index >= 15 is 0 Å². The van der Waals surface area contributed by atoms with Gasteiger partial charge in [0.25, 0.3) is 0 Å². The number of carbonyl (C=O) groups is 1. The van der Waals surface area contributed by atoms with Crippen molar-refractivity contribution < 1.29 is 14.3 Å². The molecule has 4 heteroatoms. The molecule has 1 rings (SSSR count). The summed E-state index contributed by atoms with van der Waals surface area (Å²) in [4.78, 5) is 11.3. The molecule has 25 heavy (non-hydrogen) atoms. The molecule has 1 aromatic heterocycles. The minimum Gasteiger partial charge on any atom is -0.476 e. The number of hydrogen-bond acceptors (Lipinski definition) is 1. The number of hydrogen-bond donors (Lipinski definition) is 1. The summed E-state index contributed by atoms with van der Waals surface area (Å²) in [5.41, 5.74) is 0.316. The zero-order valence-electron chi connectivity index (χ0n) is 16.3. The molecule has 1 N–H and O–H groups in total. The first kappa shape index (κ1) is 21.7. The number of rotatable bonds is 14. The molecule has 144 valence electrons. The van der Waals surface area contributed by atoms with Crippen LogP contribution in [0.15, 0.2) is 6.20 Å². The normalized spacial score (nSPS) is 11.4. The molecule has 0 aliphatic heterocycles. The Bertz CT molecular complexity index is 508. The van der Waals surface area contributed by atoms with Crippen molar-refractivity contribution in [3.63, 3.8) is 0 Å². The fourth-order valence-electron chi connectivity index (χ4n) is 3.29. The van der Waals surface area contributed by atoms with Crippen LogP contribution in [0.25, 0.3) is 0 Å². The highest BCUT2D eigenvalue weighted by molar-refractivity contribution is 5.86. The van der Waals surface area contributed by atoms with Gasteiger partial charge in [-0.1, -0.05) is 85.0 Å². The van der Waals surface area contributed by atoms with E-state index in [0.29, 0.717) is 12.1 Å². The molecule has 0 saturated heterocycles. The van der Waals surface area contributed by atoms with E-state index < -0.39 is 11.8 Å². The number of unbranched alkanes of at least 4 members (excludes halogenated alkanes) is 10. The minimum atomic E-state index is -1.17. The monoisotopic (exact) mass is 353 g/mol. The van der Waals surface area contributed by atoms with E-state index in [1.54, 1.807) is 10.8 Å². The average Bonchev–Trinajstić information content (AvgIpc) is 2.89. The molecule has 0 bridgehead atoms. The van der Waals surface area contributed by atoms with Crippen LogP contribution in [-0.2, 0) is 6.54 Å². The first-order valence-corrected chi connectivity index (χ1v) is 10.1. The van der Waals surface area contributed by atoms with E-state index in [1.807, 2.05) is 13.8 Å². The predicted octanol–water partition coefficient (Wildman–Crippen LogP) is 6.76. The summed E-state index contributed by atoms with van der Waals surface area (Å²) < 4.78 is 15.8. The lowest BCUT2D eigenvalue weighted by molar-refractivity contribution is 0.0679. The Labute approximate surface area is 152 Å². The van der Waals surface area contributed by atoms with Crippen molar-refractivity contribution >= 4 is 5.97 Å². The van der Waals surface area contributed by atoms with E-state index in [9.17, 15) is 14.3 Å². The van der Waals surface area contributed by atoms with Gasteiger partial charge in [0.1, 0.15) is 0 Å². The number of nitrogens with zero attached hydrogens (tertiary/aromatic N) is 1. The maximum atomic E-state index is 14.2. The molecule has 0 fully saturated rings. The topological polar surface area (TPSA) is 42.2 Å². The van der Waals surface area contributed by atoms with E-state index in [1.165, 1.54) is 57.8 Å². The first-order chi connectivity index (χ1) is 12.0. The molecule has 0 amide bonds. The molecule has 0 aliphatic rings. The van der Waals surface area contributed by atoms with E-state index in [-0.39, 0.29) is 11.6 Å². The molecule has 0 atom stereocenters. The highest BCUT2D eigenvalue weighted by Crippen LogP contribution is 2.24. The predicted molar refractivity (Wildman–Crippen MR) is 102 cm³/mol. The largest absolute Gasteiger partial charge is 0.476 e. The second kappa shape index (κ2) is 12.1. The standard InChI is InChI=1S/C21H36FNO2/c1-4-5-6-7-8-9-10-11-12-13-14-15-23-16-18(17(2)3)19(22)20(23)21(24)25/h16-17H,4-15H2,1-3H3,(H,24,25). The fraction of sp³-hybridized carbons (Fsp3) is 0.762. The van der Waals surface area contributed by atoms with E-state index in [4.69, 9.17) is 0 Å². The van der Waals surface area contributed by atoms with Gasteiger partial charge in [-0.05, 0) is 12.3 Å². The molecule has 0 aliphatic carbocycles. The van der Waals surface area contributed by atoms with Crippen LogP contribution in [0, 0.1) is 5.82 Å². The first-order valence-electron chi connectivity index (χ1n) is 10.1. The minimum absolute atomic E-state index is 0.00308. The van der Waals surface area contributed by atoms with Gasteiger partial charge in [0.15, 0.2) is 11.5 Å². The number of aromatic carboxylic acids is 1. The number of aryl methyl sites for hydroxylation is 1. The molecule has 1 heterocycles. The molecular weight excluding hydrogens is 317 g/mol. The second-order valence-electron chi connectivity index (χ2n) is 7.44. The van der Waals surface area contributed by atoms with Crippen molar-refractivity contribution in [3.05, 3.63) is 23.3 Å². The quantitative estimate of drug-likeness (QED) is 0.375. The van der Waals surface area contributed by atoms with Gasteiger partial charge in [-0.2, -0.15) is 0 Å². The SMILES string of the molecule is CCCCCCCCCCCCCn1cc(C(C)C)c(F)c1C(=O)O.